The Hall–Kier alpha value is -2.04. The zero-order chi connectivity index (χ0) is 11.0. The van der Waals surface area contributed by atoms with Crippen molar-refractivity contribution >= 4 is 22.8 Å². The molecular weight excluding hydrogens is 194 g/mol. The molecule has 0 aromatic carbocycles. The highest BCUT2D eigenvalue weighted by atomic mass is 16.4. The molecule has 0 fully saturated rings. The first kappa shape index (κ1) is 9.51. The van der Waals surface area contributed by atoms with E-state index in [2.05, 4.69) is 9.97 Å². The predicted octanol–water partition coefficient (Wildman–Crippen LogP) is 1.99. The lowest BCUT2D eigenvalue weighted by molar-refractivity contribution is 0.203. The van der Waals surface area contributed by atoms with Crippen LogP contribution in [0.1, 0.15) is 5.56 Å². The quantitative estimate of drug-likeness (QED) is 0.747. The number of aromatic amines is 1. The summed E-state index contributed by atoms with van der Waals surface area (Å²) in [5, 5.41) is 9.69. The van der Waals surface area contributed by atoms with E-state index in [4.69, 9.17) is 5.11 Å². The maximum atomic E-state index is 10.8. The molecule has 5 heteroatoms. The van der Waals surface area contributed by atoms with E-state index < -0.39 is 6.09 Å². The van der Waals surface area contributed by atoms with Crippen molar-refractivity contribution in [3.05, 3.63) is 24.0 Å². The topological polar surface area (TPSA) is 69.2 Å². The number of anilines is 1. The number of H-pyrrole nitrogens is 1. The summed E-state index contributed by atoms with van der Waals surface area (Å²) >= 11 is 0. The number of aryl methyl sites for hydroxylation is 1. The fourth-order valence-corrected chi connectivity index (χ4v) is 1.47. The zero-order valence-corrected chi connectivity index (χ0v) is 8.48. The molecular formula is C10H11N3O2. The molecule has 0 radical (unpaired) electrons. The smallest absolute Gasteiger partial charge is 0.411 e. The largest absolute Gasteiger partial charge is 0.465 e. The van der Waals surface area contributed by atoms with E-state index in [1.807, 2.05) is 13.0 Å². The molecule has 1 amide bonds. The number of amides is 1. The van der Waals surface area contributed by atoms with Gasteiger partial charge >= 0.3 is 6.09 Å². The van der Waals surface area contributed by atoms with Gasteiger partial charge in [0.05, 0.1) is 5.69 Å². The lowest BCUT2D eigenvalue weighted by Gasteiger charge is -2.10. The van der Waals surface area contributed by atoms with Gasteiger partial charge in [0.1, 0.15) is 5.65 Å². The minimum atomic E-state index is -0.989. The highest BCUT2D eigenvalue weighted by Gasteiger charge is 2.13. The van der Waals surface area contributed by atoms with Gasteiger partial charge in [0.15, 0.2) is 0 Å². The average molecular weight is 205 g/mol. The number of carbonyl (C=O) groups is 1. The van der Waals surface area contributed by atoms with Crippen LogP contribution in [0.2, 0.25) is 0 Å². The van der Waals surface area contributed by atoms with Crippen LogP contribution < -0.4 is 4.90 Å². The van der Waals surface area contributed by atoms with Gasteiger partial charge in [0.2, 0.25) is 0 Å². The maximum absolute atomic E-state index is 10.8. The van der Waals surface area contributed by atoms with E-state index in [9.17, 15) is 4.79 Å². The van der Waals surface area contributed by atoms with Gasteiger partial charge in [-0.1, -0.05) is 0 Å². The number of nitrogens with zero attached hydrogens (tertiary/aromatic N) is 2. The summed E-state index contributed by atoms with van der Waals surface area (Å²) in [6.07, 6.45) is 2.40. The van der Waals surface area contributed by atoms with Gasteiger partial charge in [-0.25, -0.2) is 9.78 Å². The molecule has 5 nitrogen and oxygen atoms in total. The SMILES string of the molecule is Cc1cnc2[nH]cc(N(C)C(=O)O)c2c1. The molecule has 0 saturated carbocycles. The minimum absolute atomic E-state index is 0.619. The highest BCUT2D eigenvalue weighted by Crippen LogP contribution is 2.25. The number of carboxylic acid groups (broad SMARTS) is 1. The third-order valence-electron chi connectivity index (χ3n) is 2.29. The summed E-state index contributed by atoms with van der Waals surface area (Å²) in [4.78, 5) is 19.1. The van der Waals surface area contributed by atoms with E-state index >= 15 is 0 Å². The second-order valence-electron chi connectivity index (χ2n) is 3.42. The van der Waals surface area contributed by atoms with Gasteiger partial charge in [0, 0.05) is 24.8 Å². The standard InChI is InChI=1S/C10H11N3O2/c1-6-3-7-8(13(2)10(14)15)5-12-9(7)11-4-6/h3-5H,1-2H3,(H,11,12)(H,14,15). The van der Waals surface area contributed by atoms with Crippen molar-refractivity contribution in [2.45, 2.75) is 6.92 Å². The molecule has 2 aromatic rings. The van der Waals surface area contributed by atoms with E-state index in [0.717, 1.165) is 10.9 Å². The number of fused-ring (bicyclic) bond motifs is 1. The first-order valence-electron chi connectivity index (χ1n) is 4.50. The van der Waals surface area contributed by atoms with Crippen molar-refractivity contribution in [3.8, 4) is 0 Å². The van der Waals surface area contributed by atoms with Crippen molar-refractivity contribution < 1.29 is 9.90 Å². The van der Waals surface area contributed by atoms with Crippen molar-refractivity contribution in [2.75, 3.05) is 11.9 Å². The molecule has 2 heterocycles. The molecule has 15 heavy (non-hydrogen) atoms. The van der Waals surface area contributed by atoms with Crippen molar-refractivity contribution in [2.24, 2.45) is 0 Å². The van der Waals surface area contributed by atoms with Gasteiger partial charge in [-0.2, -0.15) is 0 Å². The summed E-state index contributed by atoms with van der Waals surface area (Å²) in [5.74, 6) is 0. The second kappa shape index (κ2) is 3.27. The highest BCUT2D eigenvalue weighted by molar-refractivity contribution is 5.98. The van der Waals surface area contributed by atoms with Crippen LogP contribution in [-0.4, -0.2) is 28.2 Å². The molecule has 2 rings (SSSR count). The fraction of sp³-hybridized carbons (Fsp3) is 0.200. The lowest BCUT2D eigenvalue weighted by Crippen LogP contribution is -2.23. The molecule has 0 bridgehead atoms. The molecule has 78 valence electrons. The van der Waals surface area contributed by atoms with E-state index in [1.165, 1.54) is 11.9 Å². The van der Waals surface area contributed by atoms with E-state index in [1.54, 1.807) is 12.4 Å². The fourth-order valence-electron chi connectivity index (χ4n) is 1.47. The third kappa shape index (κ3) is 1.52. The Bertz CT molecular complexity index is 518. The third-order valence-corrected chi connectivity index (χ3v) is 2.29. The van der Waals surface area contributed by atoms with Gasteiger partial charge in [0.25, 0.3) is 0 Å². The lowest BCUT2D eigenvalue weighted by atomic mass is 10.2. The Morgan fingerprint density at radius 1 is 1.60 bits per heavy atom. The van der Waals surface area contributed by atoms with Crippen LogP contribution in [0.15, 0.2) is 18.5 Å². The number of hydrogen-bond acceptors (Lipinski definition) is 2. The summed E-state index contributed by atoms with van der Waals surface area (Å²) < 4.78 is 0. The van der Waals surface area contributed by atoms with Crippen LogP contribution in [0, 0.1) is 6.92 Å². The Morgan fingerprint density at radius 3 is 3.00 bits per heavy atom. The van der Waals surface area contributed by atoms with E-state index in [0.29, 0.717) is 11.3 Å². The molecule has 2 aromatic heterocycles. The Kier molecular flexibility index (Phi) is 2.07. The van der Waals surface area contributed by atoms with Crippen LogP contribution in [0.4, 0.5) is 10.5 Å². The number of aromatic nitrogens is 2. The first-order valence-corrected chi connectivity index (χ1v) is 4.50. The monoisotopic (exact) mass is 205 g/mol. The summed E-state index contributed by atoms with van der Waals surface area (Å²) in [6, 6.07) is 1.91. The number of nitrogens with one attached hydrogen (secondary N) is 1. The van der Waals surface area contributed by atoms with Crippen LogP contribution in [0.3, 0.4) is 0 Å². The number of pyridine rings is 1. The van der Waals surface area contributed by atoms with Gasteiger partial charge in [-0.3, -0.25) is 4.90 Å². The second-order valence-corrected chi connectivity index (χ2v) is 3.42. The van der Waals surface area contributed by atoms with Crippen molar-refractivity contribution in [3.63, 3.8) is 0 Å². The van der Waals surface area contributed by atoms with Crippen molar-refractivity contribution in [1.82, 2.24) is 9.97 Å². The molecule has 2 N–H and O–H groups in total. The Balaban J connectivity index is 2.61. The molecule has 0 unspecified atom stereocenters. The molecule has 0 saturated heterocycles. The summed E-state index contributed by atoms with van der Waals surface area (Å²) in [6.45, 7) is 1.92. The summed E-state index contributed by atoms with van der Waals surface area (Å²) in [5.41, 5.74) is 2.32. The molecule has 0 aliphatic carbocycles. The van der Waals surface area contributed by atoms with Crippen LogP contribution in [0.25, 0.3) is 11.0 Å². The Morgan fingerprint density at radius 2 is 2.33 bits per heavy atom. The number of hydrogen-bond donors (Lipinski definition) is 2. The molecule has 0 aliphatic heterocycles. The van der Waals surface area contributed by atoms with Crippen LogP contribution >= 0.6 is 0 Å². The van der Waals surface area contributed by atoms with Crippen LogP contribution in [0.5, 0.6) is 0 Å². The first-order chi connectivity index (χ1) is 7.09. The molecule has 0 atom stereocenters. The molecule has 0 aliphatic rings. The Labute approximate surface area is 86.4 Å². The van der Waals surface area contributed by atoms with Gasteiger partial charge < -0.3 is 10.1 Å². The molecule has 0 spiro atoms. The van der Waals surface area contributed by atoms with E-state index in [-0.39, 0.29) is 0 Å². The normalized spacial score (nSPS) is 10.5. The zero-order valence-electron chi connectivity index (χ0n) is 8.48. The van der Waals surface area contributed by atoms with Gasteiger partial charge in [-0.05, 0) is 18.6 Å². The number of rotatable bonds is 1. The summed E-state index contributed by atoms with van der Waals surface area (Å²) in [7, 11) is 1.51. The predicted molar refractivity (Wildman–Crippen MR) is 57.3 cm³/mol. The van der Waals surface area contributed by atoms with Gasteiger partial charge in [-0.15, -0.1) is 0 Å². The minimum Gasteiger partial charge on any atom is -0.465 e. The maximum Gasteiger partial charge on any atom is 0.411 e. The van der Waals surface area contributed by atoms with Crippen LogP contribution in [-0.2, 0) is 0 Å². The van der Waals surface area contributed by atoms with Crippen molar-refractivity contribution in [1.29, 1.82) is 0 Å². The average Bonchev–Trinajstić information content (AvgIpc) is 2.59.